The van der Waals surface area contributed by atoms with Gasteiger partial charge in [0, 0.05) is 18.0 Å². The van der Waals surface area contributed by atoms with Gasteiger partial charge in [-0.1, -0.05) is 6.07 Å². The number of benzene rings is 1. The third-order valence-electron chi connectivity index (χ3n) is 2.92. The highest BCUT2D eigenvalue weighted by Crippen LogP contribution is 2.26. The van der Waals surface area contributed by atoms with Crippen molar-refractivity contribution in [3.63, 3.8) is 0 Å². The first-order valence-corrected chi connectivity index (χ1v) is 6.28. The number of nitrogen functional groups attached to an aromatic ring is 1. The van der Waals surface area contributed by atoms with Crippen LogP contribution in [0.4, 0.5) is 5.69 Å². The predicted octanol–water partition coefficient (Wildman–Crippen LogP) is 2.98. The Kier molecular flexibility index (Phi) is 2.56. The first-order valence-electron chi connectivity index (χ1n) is 5.49. The maximum atomic E-state index is 5.74. The summed E-state index contributed by atoms with van der Waals surface area (Å²) in [5.74, 6) is 0. The number of nitrogens with zero attached hydrogens (tertiary/aromatic N) is 3. The molecule has 0 radical (unpaired) electrons. The van der Waals surface area contributed by atoms with Crippen molar-refractivity contribution in [1.82, 2.24) is 14.8 Å². The molecule has 0 fully saturated rings. The molecule has 90 valence electrons. The average Bonchev–Trinajstić information content (AvgIpc) is 2.74. The fourth-order valence-electron chi connectivity index (χ4n) is 1.93. The van der Waals surface area contributed by atoms with Gasteiger partial charge in [-0.2, -0.15) is 5.10 Å². The van der Waals surface area contributed by atoms with E-state index < -0.39 is 0 Å². The molecule has 0 atom stereocenters. The smallest absolute Gasteiger partial charge is 0.129 e. The second-order valence-corrected chi connectivity index (χ2v) is 4.87. The number of nitrogens with two attached hydrogens (primary N) is 1. The van der Waals surface area contributed by atoms with Gasteiger partial charge < -0.3 is 5.73 Å². The molecule has 0 aliphatic heterocycles. The Morgan fingerprint density at radius 3 is 2.83 bits per heavy atom. The van der Waals surface area contributed by atoms with Gasteiger partial charge in [0.1, 0.15) is 4.60 Å². The lowest BCUT2D eigenvalue weighted by molar-refractivity contribution is 0.797. The third kappa shape index (κ3) is 1.76. The number of hydrogen-bond donors (Lipinski definition) is 1. The molecule has 2 aromatic heterocycles. The van der Waals surface area contributed by atoms with E-state index in [-0.39, 0.29) is 0 Å². The minimum Gasteiger partial charge on any atom is -0.397 e. The normalized spacial score (nSPS) is 11.0. The van der Waals surface area contributed by atoms with E-state index in [9.17, 15) is 0 Å². The molecule has 0 aliphatic rings. The fraction of sp³-hybridized carbons (Fsp3) is 0.0769. The van der Waals surface area contributed by atoms with Gasteiger partial charge >= 0.3 is 0 Å². The van der Waals surface area contributed by atoms with Gasteiger partial charge in [0.2, 0.25) is 0 Å². The van der Waals surface area contributed by atoms with Gasteiger partial charge in [-0.05, 0) is 40.2 Å². The molecule has 1 aromatic carbocycles. The van der Waals surface area contributed by atoms with Crippen LogP contribution in [-0.4, -0.2) is 14.8 Å². The van der Waals surface area contributed by atoms with Crippen molar-refractivity contribution in [2.24, 2.45) is 7.05 Å². The number of pyridine rings is 1. The van der Waals surface area contributed by atoms with Crippen molar-refractivity contribution in [2.45, 2.75) is 0 Å². The van der Waals surface area contributed by atoms with Crippen LogP contribution >= 0.6 is 15.9 Å². The van der Waals surface area contributed by atoms with E-state index >= 15 is 0 Å². The standard InChI is InChI=1S/C13H11BrN4/c1-18-12-5-2-8(6-9(12)7-16-18)11-4-3-10(15)13(14)17-11/h2-7H,15H2,1H3. The molecule has 3 rings (SSSR count). The molecule has 18 heavy (non-hydrogen) atoms. The summed E-state index contributed by atoms with van der Waals surface area (Å²) in [5, 5.41) is 5.33. The minimum absolute atomic E-state index is 0.640. The zero-order valence-corrected chi connectivity index (χ0v) is 11.3. The first-order chi connectivity index (χ1) is 8.65. The first kappa shape index (κ1) is 11.2. The summed E-state index contributed by atoms with van der Waals surface area (Å²) in [6.45, 7) is 0. The quantitative estimate of drug-likeness (QED) is 0.703. The number of anilines is 1. The molecule has 0 spiro atoms. The molecular weight excluding hydrogens is 292 g/mol. The summed E-state index contributed by atoms with van der Waals surface area (Å²) in [6, 6.07) is 9.92. The van der Waals surface area contributed by atoms with E-state index in [1.807, 2.05) is 42.2 Å². The van der Waals surface area contributed by atoms with Crippen molar-refractivity contribution in [2.75, 3.05) is 5.73 Å². The molecule has 0 saturated carbocycles. The molecule has 2 N–H and O–H groups in total. The van der Waals surface area contributed by atoms with Crippen molar-refractivity contribution < 1.29 is 0 Å². The number of hydrogen-bond acceptors (Lipinski definition) is 3. The van der Waals surface area contributed by atoms with E-state index in [4.69, 9.17) is 5.73 Å². The maximum Gasteiger partial charge on any atom is 0.129 e. The molecule has 0 bridgehead atoms. The number of aromatic nitrogens is 3. The predicted molar refractivity (Wildman–Crippen MR) is 76.1 cm³/mol. The Hall–Kier alpha value is -1.88. The van der Waals surface area contributed by atoms with Crippen LogP contribution in [0.1, 0.15) is 0 Å². The Labute approximate surface area is 113 Å². The number of halogens is 1. The number of aryl methyl sites for hydroxylation is 1. The molecule has 0 amide bonds. The third-order valence-corrected chi connectivity index (χ3v) is 3.55. The van der Waals surface area contributed by atoms with Crippen LogP contribution in [0.5, 0.6) is 0 Å². The molecular formula is C13H11BrN4. The Bertz CT molecular complexity index is 733. The Morgan fingerprint density at radius 2 is 2.06 bits per heavy atom. The van der Waals surface area contributed by atoms with Crippen LogP contribution in [0.25, 0.3) is 22.2 Å². The van der Waals surface area contributed by atoms with Gasteiger partial charge in [-0.15, -0.1) is 0 Å². The van der Waals surface area contributed by atoms with E-state index in [1.54, 1.807) is 0 Å². The average molecular weight is 303 g/mol. The molecule has 2 heterocycles. The van der Waals surface area contributed by atoms with Gasteiger partial charge in [0.25, 0.3) is 0 Å². The molecule has 4 nitrogen and oxygen atoms in total. The lowest BCUT2D eigenvalue weighted by atomic mass is 10.1. The van der Waals surface area contributed by atoms with Crippen molar-refractivity contribution in [1.29, 1.82) is 0 Å². The van der Waals surface area contributed by atoms with Crippen LogP contribution in [0.3, 0.4) is 0 Å². The van der Waals surface area contributed by atoms with Crippen molar-refractivity contribution in [3.8, 4) is 11.3 Å². The molecule has 0 unspecified atom stereocenters. The summed E-state index contributed by atoms with van der Waals surface area (Å²) in [5.41, 5.74) is 9.43. The highest BCUT2D eigenvalue weighted by atomic mass is 79.9. The van der Waals surface area contributed by atoms with Crippen LogP contribution in [0, 0.1) is 0 Å². The van der Waals surface area contributed by atoms with Crippen LogP contribution < -0.4 is 5.73 Å². The summed E-state index contributed by atoms with van der Waals surface area (Å²) in [6.07, 6.45) is 1.85. The SMILES string of the molecule is Cn1ncc2cc(-c3ccc(N)c(Br)n3)ccc21. The molecule has 5 heteroatoms. The number of rotatable bonds is 1. The zero-order chi connectivity index (χ0) is 12.7. The Morgan fingerprint density at radius 1 is 1.22 bits per heavy atom. The summed E-state index contributed by atoms with van der Waals surface area (Å²) in [7, 11) is 1.93. The zero-order valence-electron chi connectivity index (χ0n) is 9.76. The van der Waals surface area contributed by atoms with E-state index in [2.05, 4.69) is 32.1 Å². The minimum atomic E-state index is 0.640. The molecule has 0 aliphatic carbocycles. The monoisotopic (exact) mass is 302 g/mol. The summed E-state index contributed by atoms with van der Waals surface area (Å²) >= 11 is 3.34. The van der Waals surface area contributed by atoms with Gasteiger partial charge in [0.15, 0.2) is 0 Å². The van der Waals surface area contributed by atoms with Gasteiger partial charge in [-0.3, -0.25) is 4.68 Å². The van der Waals surface area contributed by atoms with Crippen LogP contribution in [0.15, 0.2) is 41.1 Å². The summed E-state index contributed by atoms with van der Waals surface area (Å²) < 4.78 is 2.53. The van der Waals surface area contributed by atoms with E-state index in [0.29, 0.717) is 10.3 Å². The number of fused-ring (bicyclic) bond motifs is 1. The van der Waals surface area contributed by atoms with Crippen molar-refractivity contribution >= 4 is 32.5 Å². The lowest BCUT2D eigenvalue weighted by Crippen LogP contribution is -1.92. The van der Waals surface area contributed by atoms with E-state index in [0.717, 1.165) is 22.2 Å². The molecule has 0 saturated heterocycles. The van der Waals surface area contributed by atoms with Crippen molar-refractivity contribution in [3.05, 3.63) is 41.1 Å². The van der Waals surface area contributed by atoms with E-state index in [1.165, 1.54) is 0 Å². The second-order valence-electron chi connectivity index (χ2n) is 4.12. The molecule has 3 aromatic rings. The Balaban J connectivity index is 2.16. The maximum absolute atomic E-state index is 5.74. The van der Waals surface area contributed by atoms with Crippen LogP contribution in [-0.2, 0) is 7.05 Å². The topological polar surface area (TPSA) is 56.7 Å². The highest BCUT2D eigenvalue weighted by Gasteiger charge is 2.05. The van der Waals surface area contributed by atoms with Gasteiger partial charge in [-0.25, -0.2) is 4.98 Å². The van der Waals surface area contributed by atoms with Crippen LogP contribution in [0.2, 0.25) is 0 Å². The largest absolute Gasteiger partial charge is 0.397 e. The summed E-state index contributed by atoms with van der Waals surface area (Å²) in [4.78, 5) is 4.42. The van der Waals surface area contributed by atoms with Gasteiger partial charge in [0.05, 0.1) is 23.1 Å². The highest BCUT2D eigenvalue weighted by molar-refractivity contribution is 9.10. The lowest BCUT2D eigenvalue weighted by Gasteiger charge is -2.04. The second kappa shape index (κ2) is 4.10. The fourth-order valence-corrected chi connectivity index (χ4v) is 2.25.